The molecule has 0 amide bonds. The van der Waals surface area contributed by atoms with Crippen molar-refractivity contribution >= 4 is 11.6 Å². The van der Waals surface area contributed by atoms with Crippen molar-refractivity contribution in [1.82, 2.24) is 5.32 Å². The number of halogens is 1. The number of hydrogen-bond acceptors (Lipinski definition) is 1. The molecule has 0 saturated heterocycles. The Morgan fingerprint density at radius 2 is 1.74 bits per heavy atom. The molecule has 1 unspecified atom stereocenters. The van der Waals surface area contributed by atoms with E-state index in [4.69, 9.17) is 11.6 Å². The van der Waals surface area contributed by atoms with Gasteiger partial charge in [-0.05, 0) is 49.2 Å². The summed E-state index contributed by atoms with van der Waals surface area (Å²) in [6.45, 7) is 3.14. The van der Waals surface area contributed by atoms with Crippen molar-refractivity contribution in [2.75, 3.05) is 13.6 Å². The molecule has 0 aromatic heterocycles. The molecular formula is C17H20ClN. The summed E-state index contributed by atoms with van der Waals surface area (Å²) in [6.07, 6.45) is 1.05. The smallest absolute Gasteiger partial charge is 0.0406 e. The van der Waals surface area contributed by atoms with Gasteiger partial charge in [-0.2, -0.15) is 0 Å². The second-order valence-corrected chi connectivity index (χ2v) is 5.37. The summed E-state index contributed by atoms with van der Waals surface area (Å²) >= 11 is 5.96. The summed E-state index contributed by atoms with van der Waals surface area (Å²) in [5.41, 5.74) is 4.11. The third kappa shape index (κ3) is 3.82. The lowest BCUT2D eigenvalue weighted by Crippen LogP contribution is -2.19. The Bertz CT molecular complexity index is 519. The summed E-state index contributed by atoms with van der Waals surface area (Å²) in [5, 5.41) is 4.08. The molecule has 0 fully saturated rings. The van der Waals surface area contributed by atoms with Crippen LogP contribution < -0.4 is 5.32 Å². The molecule has 0 spiro atoms. The quantitative estimate of drug-likeness (QED) is 0.861. The maximum absolute atomic E-state index is 5.96. The number of rotatable bonds is 5. The van der Waals surface area contributed by atoms with Crippen LogP contribution in [0.5, 0.6) is 0 Å². The minimum Gasteiger partial charge on any atom is -0.319 e. The van der Waals surface area contributed by atoms with Crippen LogP contribution in [0.4, 0.5) is 0 Å². The van der Waals surface area contributed by atoms with Crippen LogP contribution in [-0.4, -0.2) is 13.6 Å². The molecule has 1 atom stereocenters. The predicted octanol–water partition coefficient (Wildman–Crippen LogP) is 4.19. The lowest BCUT2D eigenvalue weighted by Gasteiger charge is -2.18. The molecule has 0 aliphatic carbocycles. The van der Waals surface area contributed by atoms with Crippen LogP contribution in [0.25, 0.3) is 0 Å². The molecule has 100 valence electrons. The Morgan fingerprint density at radius 1 is 1.05 bits per heavy atom. The van der Waals surface area contributed by atoms with E-state index in [2.05, 4.69) is 48.6 Å². The largest absolute Gasteiger partial charge is 0.319 e. The van der Waals surface area contributed by atoms with E-state index in [9.17, 15) is 0 Å². The normalized spacial score (nSPS) is 12.4. The first kappa shape index (κ1) is 14.1. The van der Waals surface area contributed by atoms with Crippen molar-refractivity contribution in [2.45, 2.75) is 19.3 Å². The summed E-state index contributed by atoms with van der Waals surface area (Å²) in [4.78, 5) is 0. The maximum Gasteiger partial charge on any atom is 0.0406 e. The summed E-state index contributed by atoms with van der Waals surface area (Å²) < 4.78 is 0. The van der Waals surface area contributed by atoms with Gasteiger partial charge in [-0.25, -0.2) is 0 Å². The molecule has 0 saturated carbocycles. The standard InChI is InChI=1S/C17H20ClN/c1-13-5-3-4-6-15(13)11-16(12-19-2)14-7-9-17(18)10-8-14/h3-10,16,19H,11-12H2,1-2H3. The number of nitrogens with one attached hydrogen (secondary N) is 1. The highest BCUT2D eigenvalue weighted by Gasteiger charge is 2.12. The molecule has 0 radical (unpaired) electrons. The zero-order valence-electron chi connectivity index (χ0n) is 11.5. The first-order valence-corrected chi connectivity index (χ1v) is 7.03. The number of likely N-dealkylation sites (N-methyl/N-ethyl adjacent to an activating group) is 1. The van der Waals surface area contributed by atoms with E-state index < -0.39 is 0 Å². The molecule has 2 aromatic carbocycles. The van der Waals surface area contributed by atoms with Crippen LogP contribution in [0.2, 0.25) is 5.02 Å². The molecule has 2 heteroatoms. The number of hydrogen-bond donors (Lipinski definition) is 1. The van der Waals surface area contributed by atoms with Crippen LogP contribution in [0.1, 0.15) is 22.6 Å². The average Bonchev–Trinajstić information content (AvgIpc) is 2.42. The molecule has 0 heterocycles. The van der Waals surface area contributed by atoms with Gasteiger partial charge < -0.3 is 5.32 Å². The van der Waals surface area contributed by atoms with Crippen LogP contribution in [0, 0.1) is 6.92 Å². The third-order valence-electron chi connectivity index (χ3n) is 3.52. The molecular weight excluding hydrogens is 254 g/mol. The maximum atomic E-state index is 5.96. The third-order valence-corrected chi connectivity index (χ3v) is 3.77. The van der Waals surface area contributed by atoms with Gasteiger partial charge in [0.25, 0.3) is 0 Å². The van der Waals surface area contributed by atoms with E-state index >= 15 is 0 Å². The highest BCUT2D eigenvalue weighted by atomic mass is 35.5. The Morgan fingerprint density at radius 3 is 2.37 bits per heavy atom. The van der Waals surface area contributed by atoms with Crippen LogP contribution in [0.3, 0.4) is 0 Å². The van der Waals surface area contributed by atoms with E-state index in [-0.39, 0.29) is 0 Å². The van der Waals surface area contributed by atoms with Crippen molar-refractivity contribution < 1.29 is 0 Å². The average molecular weight is 274 g/mol. The molecule has 1 N–H and O–H groups in total. The van der Waals surface area contributed by atoms with E-state index in [0.717, 1.165) is 18.0 Å². The van der Waals surface area contributed by atoms with E-state index in [0.29, 0.717) is 5.92 Å². The SMILES string of the molecule is CNCC(Cc1ccccc1C)c1ccc(Cl)cc1. The summed E-state index contributed by atoms with van der Waals surface area (Å²) in [5.74, 6) is 0.475. The van der Waals surface area contributed by atoms with Gasteiger partial charge in [0.15, 0.2) is 0 Å². The van der Waals surface area contributed by atoms with Crippen molar-refractivity contribution in [3.8, 4) is 0 Å². The van der Waals surface area contributed by atoms with Gasteiger partial charge in [-0.15, -0.1) is 0 Å². The number of aryl methyl sites for hydroxylation is 1. The Labute approximate surface area is 120 Å². The predicted molar refractivity (Wildman–Crippen MR) is 83.0 cm³/mol. The Balaban J connectivity index is 2.21. The molecule has 1 nitrogen and oxygen atoms in total. The van der Waals surface area contributed by atoms with Gasteiger partial charge in [0.2, 0.25) is 0 Å². The second-order valence-electron chi connectivity index (χ2n) is 4.94. The monoisotopic (exact) mass is 273 g/mol. The minimum absolute atomic E-state index is 0.475. The lowest BCUT2D eigenvalue weighted by atomic mass is 9.90. The highest BCUT2D eigenvalue weighted by Crippen LogP contribution is 2.23. The topological polar surface area (TPSA) is 12.0 Å². The van der Waals surface area contributed by atoms with E-state index in [1.165, 1.54) is 16.7 Å². The van der Waals surface area contributed by atoms with Crippen LogP contribution in [0.15, 0.2) is 48.5 Å². The Kier molecular flexibility index (Phi) is 5.00. The van der Waals surface area contributed by atoms with Gasteiger partial charge in [0, 0.05) is 17.5 Å². The second kappa shape index (κ2) is 6.74. The van der Waals surface area contributed by atoms with Crippen molar-refractivity contribution in [3.63, 3.8) is 0 Å². The van der Waals surface area contributed by atoms with Gasteiger partial charge in [0.05, 0.1) is 0 Å². The van der Waals surface area contributed by atoms with E-state index in [1.807, 2.05) is 19.2 Å². The number of benzene rings is 2. The zero-order chi connectivity index (χ0) is 13.7. The van der Waals surface area contributed by atoms with Gasteiger partial charge >= 0.3 is 0 Å². The van der Waals surface area contributed by atoms with Gasteiger partial charge in [-0.1, -0.05) is 48.0 Å². The molecule has 2 aromatic rings. The molecule has 0 aliphatic heterocycles. The van der Waals surface area contributed by atoms with Crippen molar-refractivity contribution in [1.29, 1.82) is 0 Å². The van der Waals surface area contributed by atoms with Crippen LogP contribution >= 0.6 is 11.6 Å². The molecule has 19 heavy (non-hydrogen) atoms. The minimum atomic E-state index is 0.475. The molecule has 0 bridgehead atoms. The van der Waals surface area contributed by atoms with Gasteiger partial charge in [-0.3, -0.25) is 0 Å². The Hall–Kier alpha value is -1.31. The van der Waals surface area contributed by atoms with E-state index in [1.54, 1.807) is 0 Å². The summed E-state index contributed by atoms with van der Waals surface area (Å²) in [7, 11) is 2.00. The first-order chi connectivity index (χ1) is 9.20. The fourth-order valence-electron chi connectivity index (χ4n) is 2.39. The summed E-state index contributed by atoms with van der Waals surface area (Å²) in [6, 6.07) is 16.8. The molecule has 0 aliphatic rings. The van der Waals surface area contributed by atoms with Crippen molar-refractivity contribution in [3.05, 3.63) is 70.2 Å². The highest BCUT2D eigenvalue weighted by molar-refractivity contribution is 6.30. The molecule has 2 rings (SSSR count). The van der Waals surface area contributed by atoms with Crippen molar-refractivity contribution in [2.24, 2.45) is 0 Å². The lowest BCUT2D eigenvalue weighted by molar-refractivity contribution is 0.624. The zero-order valence-corrected chi connectivity index (χ0v) is 12.2. The van der Waals surface area contributed by atoms with Crippen LogP contribution in [-0.2, 0) is 6.42 Å². The fourth-order valence-corrected chi connectivity index (χ4v) is 2.52. The van der Waals surface area contributed by atoms with Gasteiger partial charge in [0.1, 0.15) is 0 Å². The fraction of sp³-hybridized carbons (Fsp3) is 0.294. The first-order valence-electron chi connectivity index (χ1n) is 6.65.